The zero-order chi connectivity index (χ0) is 20.1. The van der Waals surface area contributed by atoms with Crippen LogP contribution >= 0.6 is 11.3 Å². The van der Waals surface area contributed by atoms with Gasteiger partial charge in [0.05, 0.1) is 5.69 Å². The summed E-state index contributed by atoms with van der Waals surface area (Å²) in [7, 11) is 0. The molecular weight excluding hydrogens is 372 g/mol. The standard InChI is InChI=1S/C21H24N4O2S/c1-14-11-18(15(2)25(14)12-17-7-5-4-6-8-17)19-13-28-21(23-19)24-20(27)9-10-22-16(3)26/h4-8,11,13H,9-10,12H2,1-3H3,(H,22,26)(H,23,24,27). The Kier molecular flexibility index (Phi) is 6.26. The van der Waals surface area contributed by atoms with Crippen molar-refractivity contribution in [2.75, 3.05) is 11.9 Å². The van der Waals surface area contributed by atoms with Gasteiger partial charge in [0.2, 0.25) is 11.8 Å². The van der Waals surface area contributed by atoms with Crippen LogP contribution in [0, 0.1) is 13.8 Å². The molecule has 0 aliphatic carbocycles. The summed E-state index contributed by atoms with van der Waals surface area (Å²) in [6.07, 6.45) is 0.222. The van der Waals surface area contributed by atoms with Crippen LogP contribution < -0.4 is 10.6 Å². The van der Waals surface area contributed by atoms with Crippen molar-refractivity contribution in [2.45, 2.75) is 33.7 Å². The molecule has 0 aliphatic rings. The van der Waals surface area contributed by atoms with Crippen LogP contribution in [0.1, 0.15) is 30.3 Å². The van der Waals surface area contributed by atoms with Crippen LogP contribution in [0.2, 0.25) is 0 Å². The summed E-state index contributed by atoms with van der Waals surface area (Å²) in [5, 5.41) is 7.93. The van der Waals surface area contributed by atoms with E-state index in [1.54, 1.807) is 0 Å². The number of nitrogens with one attached hydrogen (secondary N) is 2. The van der Waals surface area contributed by atoms with E-state index >= 15 is 0 Å². The van der Waals surface area contributed by atoms with Gasteiger partial charge in [-0.2, -0.15) is 0 Å². The molecule has 2 heterocycles. The number of aryl methyl sites for hydroxylation is 1. The number of hydrogen-bond acceptors (Lipinski definition) is 4. The van der Waals surface area contributed by atoms with Crippen molar-refractivity contribution in [3.63, 3.8) is 0 Å². The lowest BCUT2D eigenvalue weighted by atomic mass is 10.2. The van der Waals surface area contributed by atoms with Crippen LogP contribution in [-0.4, -0.2) is 27.9 Å². The zero-order valence-corrected chi connectivity index (χ0v) is 17.1. The molecule has 0 atom stereocenters. The molecule has 0 fully saturated rings. The van der Waals surface area contributed by atoms with Crippen molar-refractivity contribution in [1.82, 2.24) is 14.9 Å². The van der Waals surface area contributed by atoms with Gasteiger partial charge in [-0.15, -0.1) is 11.3 Å². The Labute approximate surface area is 168 Å². The highest BCUT2D eigenvalue weighted by atomic mass is 32.1. The number of carbonyl (C=O) groups is 2. The van der Waals surface area contributed by atoms with E-state index in [2.05, 4.69) is 52.2 Å². The third-order valence-corrected chi connectivity index (χ3v) is 5.27. The normalized spacial score (nSPS) is 10.7. The fraction of sp³-hybridized carbons (Fsp3) is 0.286. The van der Waals surface area contributed by atoms with Crippen LogP contribution in [0.15, 0.2) is 41.8 Å². The van der Waals surface area contributed by atoms with E-state index in [-0.39, 0.29) is 18.2 Å². The molecule has 2 amide bonds. The number of nitrogens with zero attached hydrogens (tertiary/aromatic N) is 2. The number of thiazole rings is 1. The monoisotopic (exact) mass is 396 g/mol. The van der Waals surface area contributed by atoms with Gasteiger partial charge in [-0.3, -0.25) is 9.59 Å². The molecule has 0 spiro atoms. The van der Waals surface area contributed by atoms with E-state index in [9.17, 15) is 9.59 Å². The molecule has 28 heavy (non-hydrogen) atoms. The van der Waals surface area contributed by atoms with Gasteiger partial charge in [0.25, 0.3) is 0 Å². The van der Waals surface area contributed by atoms with Crippen LogP contribution in [0.3, 0.4) is 0 Å². The summed E-state index contributed by atoms with van der Waals surface area (Å²) in [6, 6.07) is 12.5. The fourth-order valence-corrected chi connectivity index (χ4v) is 3.79. The van der Waals surface area contributed by atoms with Crippen LogP contribution in [-0.2, 0) is 16.1 Å². The molecule has 0 saturated heterocycles. The Morgan fingerprint density at radius 1 is 1.18 bits per heavy atom. The second-order valence-electron chi connectivity index (χ2n) is 6.68. The second kappa shape index (κ2) is 8.84. The van der Waals surface area contributed by atoms with Gasteiger partial charge in [-0.1, -0.05) is 30.3 Å². The molecule has 6 nitrogen and oxygen atoms in total. The topological polar surface area (TPSA) is 76.0 Å². The molecule has 0 bridgehead atoms. The molecule has 0 unspecified atom stereocenters. The molecule has 0 radical (unpaired) electrons. The minimum atomic E-state index is -0.163. The Hall–Kier alpha value is -2.93. The number of hydrogen-bond donors (Lipinski definition) is 2. The highest BCUT2D eigenvalue weighted by Crippen LogP contribution is 2.30. The Balaban J connectivity index is 1.70. The van der Waals surface area contributed by atoms with E-state index in [0.29, 0.717) is 11.7 Å². The second-order valence-corrected chi connectivity index (χ2v) is 7.53. The summed E-state index contributed by atoms with van der Waals surface area (Å²) in [5.41, 5.74) is 5.50. The summed E-state index contributed by atoms with van der Waals surface area (Å²) in [6.45, 7) is 6.75. The number of aromatic nitrogens is 2. The Morgan fingerprint density at radius 2 is 1.93 bits per heavy atom. The maximum absolute atomic E-state index is 12.0. The number of rotatable bonds is 7. The van der Waals surface area contributed by atoms with Gasteiger partial charge in [0, 0.05) is 48.8 Å². The molecular formula is C21H24N4O2S. The summed E-state index contributed by atoms with van der Waals surface area (Å²) in [5.74, 6) is -0.306. The van der Waals surface area contributed by atoms with Crippen LogP contribution in [0.5, 0.6) is 0 Å². The molecule has 0 aliphatic heterocycles. The van der Waals surface area contributed by atoms with Gasteiger partial charge in [-0.05, 0) is 25.5 Å². The molecule has 2 aromatic heterocycles. The quantitative estimate of drug-likeness (QED) is 0.639. The predicted octanol–water partition coefficient (Wildman–Crippen LogP) is 3.74. The van der Waals surface area contributed by atoms with Gasteiger partial charge >= 0.3 is 0 Å². The van der Waals surface area contributed by atoms with Crippen LogP contribution in [0.25, 0.3) is 11.3 Å². The van der Waals surface area contributed by atoms with E-state index in [1.165, 1.54) is 29.5 Å². The fourth-order valence-electron chi connectivity index (χ4n) is 3.06. The van der Waals surface area contributed by atoms with Crippen molar-refractivity contribution in [3.05, 3.63) is 58.7 Å². The predicted molar refractivity (Wildman–Crippen MR) is 112 cm³/mol. The summed E-state index contributed by atoms with van der Waals surface area (Å²) < 4.78 is 2.27. The van der Waals surface area contributed by atoms with Gasteiger partial charge in [0.15, 0.2) is 5.13 Å². The Bertz CT molecular complexity index is 976. The van der Waals surface area contributed by atoms with E-state index in [4.69, 9.17) is 0 Å². The van der Waals surface area contributed by atoms with Crippen molar-refractivity contribution in [1.29, 1.82) is 0 Å². The molecule has 7 heteroatoms. The lowest BCUT2D eigenvalue weighted by molar-refractivity contribution is -0.119. The van der Waals surface area contributed by atoms with Crippen LogP contribution in [0.4, 0.5) is 5.13 Å². The van der Waals surface area contributed by atoms with Crippen molar-refractivity contribution in [3.8, 4) is 11.3 Å². The molecule has 146 valence electrons. The minimum Gasteiger partial charge on any atom is -0.356 e. The van der Waals surface area contributed by atoms with Gasteiger partial charge in [0.1, 0.15) is 0 Å². The average molecular weight is 397 g/mol. The molecule has 1 aromatic carbocycles. The number of amides is 2. The largest absolute Gasteiger partial charge is 0.356 e. The lowest BCUT2D eigenvalue weighted by Crippen LogP contribution is -2.25. The summed E-state index contributed by atoms with van der Waals surface area (Å²) >= 11 is 1.40. The number of carbonyl (C=O) groups excluding carboxylic acids is 2. The maximum Gasteiger partial charge on any atom is 0.227 e. The first-order valence-corrected chi connectivity index (χ1v) is 10.0. The number of benzene rings is 1. The molecule has 3 aromatic rings. The van der Waals surface area contributed by atoms with E-state index < -0.39 is 0 Å². The highest BCUT2D eigenvalue weighted by molar-refractivity contribution is 7.14. The van der Waals surface area contributed by atoms with Gasteiger partial charge < -0.3 is 15.2 Å². The number of anilines is 1. The Morgan fingerprint density at radius 3 is 2.64 bits per heavy atom. The first-order valence-electron chi connectivity index (χ1n) is 9.15. The smallest absolute Gasteiger partial charge is 0.227 e. The first kappa shape index (κ1) is 19.8. The molecule has 2 N–H and O–H groups in total. The molecule has 3 rings (SSSR count). The maximum atomic E-state index is 12.0. The summed E-state index contributed by atoms with van der Waals surface area (Å²) in [4.78, 5) is 27.4. The minimum absolute atomic E-state index is 0.143. The van der Waals surface area contributed by atoms with Crippen molar-refractivity contribution >= 4 is 28.3 Å². The van der Waals surface area contributed by atoms with E-state index in [0.717, 1.165) is 23.5 Å². The van der Waals surface area contributed by atoms with E-state index in [1.807, 2.05) is 23.6 Å². The molecule has 0 saturated carbocycles. The van der Waals surface area contributed by atoms with Crippen molar-refractivity contribution in [2.24, 2.45) is 0 Å². The van der Waals surface area contributed by atoms with Gasteiger partial charge in [-0.25, -0.2) is 4.98 Å². The average Bonchev–Trinajstić information content (AvgIpc) is 3.22. The lowest BCUT2D eigenvalue weighted by Gasteiger charge is -2.09. The third-order valence-electron chi connectivity index (χ3n) is 4.51. The highest BCUT2D eigenvalue weighted by Gasteiger charge is 2.15. The first-order chi connectivity index (χ1) is 13.4. The van der Waals surface area contributed by atoms with Crippen molar-refractivity contribution < 1.29 is 9.59 Å². The third kappa shape index (κ3) is 4.86. The zero-order valence-electron chi connectivity index (χ0n) is 16.3. The SMILES string of the molecule is CC(=O)NCCC(=O)Nc1nc(-c2cc(C)n(Cc3ccccc3)c2C)cs1.